The number of sulfonamides is 1. The lowest BCUT2D eigenvalue weighted by Gasteiger charge is -2.22. The Hall–Kier alpha value is -0.620. The van der Waals surface area contributed by atoms with Gasteiger partial charge in [0.2, 0.25) is 10.0 Å². The van der Waals surface area contributed by atoms with Gasteiger partial charge >= 0.3 is 0 Å². The Morgan fingerprint density at radius 3 is 2.67 bits per heavy atom. The van der Waals surface area contributed by atoms with Crippen LogP contribution in [0.1, 0.15) is 6.42 Å². The van der Waals surface area contributed by atoms with E-state index in [0.29, 0.717) is 22.4 Å². The summed E-state index contributed by atoms with van der Waals surface area (Å²) in [7, 11) is -3.37. The van der Waals surface area contributed by atoms with Crippen LogP contribution in [0, 0.1) is 5.92 Å². The highest BCUT2D eigenvalue weighted by atomic mass is 35.5. The van der Waals surface area contributed by atoms with Gasteiger partial charge in [0.25, 0.3) is 0 Å². The zero-order valence-electron chi connectivity index (χ0n) is 9.84. The van der Waals surface area contributed by atoms with Crippen LogP contribution < -0.4 is 5.32 Å². The molecule has 0 radical (unpaired) electrons. The standard InChI is InChI=1S/C12H15ClN2O2S/c13-10-1-3-11(4-2-10)18(16,17)15-6-5-9-7-14-8-12(9)15/h1-4,9,12,14H,5-8H2/t9-,12+/m1/s1. The molecule has 0 amide bonds. The molecule has 0 unspecified atom stereocenters. The monoisotopic (exact) mass is 286 g/mol. The lowest BCUT2D eigenvalue weighted by atomic mass is 10.1. The van der Waals surface area contributed by atoms with Gasteiger partial charge in [-0.05, 0) is 43.1 Å². The molecule has 1 aromatic rings. The fraction of sp³-hybridized carbons (Fsp3) is 0.500. The second kappa shape index (κ2) is 4.49. The summed E-state index contributed by atoms with van der Waals surface area (Å²) < 4.78 is 26.7. The third-order valence-corrected chi connectivity index (χ3v) is 6.01. The van der Waals surface area contributed by atoms with E-state index in [-0.39, 0.29) is 6.04 Å². The third kappa shape index (κ3) is 1.95. The van der Waals surface area contributed by atoms with E-state index < -0.39 is 10.0 Å². The van der Waals surface area contributed by atoms with E-state index in [9.17, 15) is 8.42 Å². The van der Waals surface area contributed by atoms with Gasteiger partial charge in [0.1, 0.15) is 0 Å². The first-order valence-electron chi connectivity index (χ1n) is 6.07. The summed E-state index contributed by atoms with van der Waals surface area (Å²) in [5, 5.41) is 3.81. The molecule has 1 aromatic carbocycles. The maximum atomic E-state index is 12.5. The van der Waals surface area contributed by atoms with E-state index in [4.69, 9.17) is 11.6 Å². The van der Waals surface area contributed by atoms with Crippen molar-refractivity contribution in [1.82, 2.24) is 9.62 Å². The molecule has 0 saturated carbocycles. The van der Waals surface area contributed by atoms with Crippen molar-refractivity contribution in [3.63, 3.8) is 0 Å². The highest BCUT2D eigenvalue weighted by Gasteiger charge is 2.43. The number of hydrogen-bond donors (Lipinski definition) is 1. The normalized spacial score (nSPS) is 28.5. The number of nitrogens with one attached hydrogen (secondary N) is 1. The van der Waals surface area contributed by atoms with E-state index in [0.717, 1.165) is 19.5 Å². The van der Waals surface area contributed by atoms with E-state index in [1.165, 1.54) is 0 Å². The highest BCUT2D eigenvalue weighted by Crippen LogP contribution is 2.32. The average Bonchev–Trinajstić information content (AvgIpc) is 2.90. The van der Waals surface area contributed by atoms with Crippen LogP contribution in [0.4, 0.5) is 0 Å². The first kappa shape index (κ1) is 12.4. The Kier molecular flexibility index (Phi) is 3.10. The summed E-state index contributed by atoms with van der Waals surface area (Å²) >= 11 is 5.79. The van der Waals surface area contributed by atoms with Crippen molar-refractivity contribution in [3.8, 4) is 0 Å². The Morgan fingerprint density at radius 2 is 1.94 bits per heavy atom. The molecule has 4 nitrogen and oxygen atoms in total. The average molecular weight is 287 g/mol. The molecule has 2 fully saturated rings. The molecule has 0 aromatic heterocycles. The van der Waals surface area contributed by atoms with Crippen molar-refractivity contribution in [2.24, 2.45) is 5.92 Å². The predicted molar refractivity (Wildman–Crippen MR) is 70.1 cm³/mol. The Morgan fingerprint density at radius 1 is 1.22 bits per heavy atom. The fourth-order valence-electron chi connectivity index (χ4n) is 2.85. The number of hydrogen-bond acceptors (Lipinski definition) is 3. The van der Waals surface area contributed by atoms with E-state index in [1.54, 1.807) is 28.6 Å². The molecule has 0 aliphatic carbocycles. The van der Waals surface area contributed by atoms with Gasteiger partial charge in [-0.25, -0.2) is 8.42 Å². The predicted octanol–water partition coefficient (Wildman–Crippen LogP) is 1.32. The van der Waals surface area contributed by atoms with Crippen LogP contribution in [0.2, 0.25) is 5.02 Å². The SMILES string of the molecule is O=S(=O)(c1ccc(Cl)cc1)N1CC[C@@H]2CNC[C@@H]21. The topological polar surface area (TPSA) is 49.4 Å². The van der Waals surface area contributed by atoms with Crippen molar-refractivity contribution in [2.45, 2.75) is 17.4 Å². The van der Waals surface area contributed by atoms with Crippen LogP contribution >= 0.6 is 11.6 Å². The van der Waals surface area contributed by atoms with Crippen molar-refractivity contribution in [1.29, 1.82) is 0 Å². The zero-order chi connectivity index (χ0) is 12.8. The van der Waals surface area contributed by atoms with Crippen molar-refractivity contribution < 1.29 is 8.42 Å². The molecule has 3 rings (SSSR count). The summed E-state index contributed by atoms with van der Waals surface area (Å²) in [6.45, 7) is 2.32. The maximum Gasteiger partial charge on any atom is 0.243 e. The van der Waals surface area contributed by atoms with Gasteiger partial charge in [-0.2, -0.15) is 4.31 Å². The second-order valence-corrected chi connectivity index (χ2v) is 7.17. The van der Waals surface area contributed by atoms with Crippen LogP contribution in [0.25, 0.3) is 0 Å². The lowest BCUT2D eigenvalue weighted by molar-refractivity contribution is 0.383. The minimum atomic E-state index is -3.37. The van der Waals surface area contributed by atoms with Gasteiger partial charge in [0.05, 0.1) is 4.90 Å². The summed E-state index contributed by atoms with van der Waals surface area (Å²) in [6, 6.07) is 6.51. The number of fused-ring (bicyclic) bond motifs is 1. The molecule has 98 valence electrons. The molecule has 2 atom stereocenters. The van der Waals surface area contributed by atoms with Crippen molar-refractivity contribution >= 4 is 21.6 Å². The third-order valence-electron chi connectivity index (χ3n) is 3.81. The summed E-state index contributed by atoms with van der Waals surface area (Å²) in [4.78, 5) is 0.333. The number of rotatable bonds is 2. The Balaban J connectivity index is 1.93. The van der Waals surface area contributed by atoms with Gasteiger partial charge in [-0.1, -0.05) is 11.6 Å². The van der Waals surface area contributed by atoms with Crippen LogP contribution in [-0.2, 0) is 10.0 Å². The summed E-state index contributed by atoms with van der Waals surface area (Å²) in [5.74, 6) is 0.465. The summed E-state index contributed by atoms with van der Waals surface area (Å²) in [6.07, 6.45) is 0.949. The molecule has 2 aliphatic heterocycles. The van der Waals surface area contributed by atoms with E-state index in [1.807, 2.05) is 0 Å². The molecule has 6 heteroatoms. The molecule has 0 spiro atoms. The van der Waals surface area contributed by atoms with Crippen molar-refractivity contribution in [3.05, 3.63) is 29.3 Å². The molecule has 2 heterocycles. The van der Waals surface area contributed by atoms with Gasteiger partial charge in [-0.15, -0.1) is 0 Å². The highest BCUT2D eigenvalue weighted by molar-refractivity contribution is 7.89. The van der Waals surface area contributed by atoms with Crippen molar-refractivity contribution in [2.75, 3.05) is 19.6 Å². The molecule has 0 bridgehead atoms. The molecular formula is C12H15ClN2O2S. The molecule has 2 aliphatic rings. The van der Waals surface area contributed by atoms with E-state index >= 15 is 0 Å². The lowest BCUT2D eigenvalue weighted by Crippen LogP contribution is -2.38. The summed E-state index contributed by atoms with van der Waals surface area (Å²) in [5.41, 5.74) is 0. The Bertz CT molecular complexity index is 544. The van der Waals surface area contributed by atoms with Gasteiger partial charge in [-0.3, -0.25) is 0 Å². The number of halogens is 1. The molecule has 18 heavy (non-hydrogen) atoms. The van der Waals surface area contributed by atoms with Gasteiger partial charge < -0.3 is 5.32 Å². The minimum Gasteiger partial charge on any atom is -0.315 e. The van der Waals surface area contributed by atoms with Gasteiger partial charge in [0.15, 0.2) is 0 Å². The fourth-order valence-corrected chi connectivity index (χ4v) is 4.68. The number of nitrogens with zero attached hydrogens (tertiary/aromatic N) is 1. The van der Waals surface area contributed by atoms with E-state index in [2.05, 4.69) is 5.32 Å². The van der Waals surface area contributed by atoms with Crippen LogP contribution in [-0.4, -0.2) is 38.4 Å². The molecule has 2 saturated heterocycles. The second-order valence-electron chi connectivity index (χ2n) is 4.84. The quantitative estimate of drug-likeness (QED) is 0.892. The maximum absolute atomic E-state index is 12.5. The van der Waals surface area contributed by atoms with Crippen LogP contribution in [0.3, 0.4) is 0 Å². The number of benzene rings is 1. The largest absolute Gasteiger partial charge is 0.315 e. The smallest absolute Gasteiger partial charge is 0.243 e. The van der Waals surface area contributed by atoms with Gasteiger partial charge in [0, 0.05) is 24.2 Å². The van der Waals surface area contributed by atoms with Crippen LogP contribution in [0.15, 0.2) is 29.2 Å². The minimum absolute atomic E-state index is 0.116. The molecular weight excluding hydrogens is 272 g/mol. The van der Waals surface area contributed by atoms with Crippen LogP contribution in [0.5, 0.6) is 0 Å². The first-order valence-corrected chi connectivity index (χ1v) is 7.89. The Labute approximate surface area is 112 Å². The molecule has 1 N–H and O–H groups in total. The first-order chi connectivity index (χ1) is 8.59. The zero-order valence-corrected chi connectivity index (χ0v) is 11.4.